The summed E-state index contributed by atoms with van der Waals surface area (Å²) in [6.45, 7) is 3.20. The molecule has 80 valence electrons. The van der Waals surface area contributed by atoms with Crippen molar-refractivity contribution < 1.29 is 23.4 Å². The van der Waals surface area contributed by atoms with Gasteiger partial charge in [-0.15, -0.1) is 0 Å². The van der Waals surface area contributed by atoms with E-state index in [1.807, 2.05) is 0 Å². The Morgan fingerprint density at radius 2 is 2.07 bits per heavy atom. The number of halogens is 2. The van der Waals surface area contributed by atoms with Crippen molar-refractivity contribution in [3.05, 3.63) is 35.9 Å². The van der Waals surface area contributed by atoms with Gasteiger partial charge in [0.1, 0.15) is 5.82 Å². The Labute approximate surface area is 84.6 Å². The van der Waals surface area contributed by atoms with Crippen molar-refractivity contribution >= 4 is 11.5 Å². The smallest absolute Gasteiger partial charge is 0.335 e. The predicted molar refractivity (Wildman–Crippen MR) is 49.6 cm³/mol. The average Bonchev–Trinajstić information content (AvgIpc) is 2.15. The molecule has 0 radical (unpaired) electrons. The predicted octanol–water partition coefficient (Wildman–Crippen LogP) is 2.07. The molecule has 0 amide bonds. The minimum atomic E-state index is -1.36. The molecule has 0 unspecified atom stereocenters. The number of carboxylic acids is 1. The summed E-state index contributed by atoms with van der Waals surface area (Å²) in [5.41, 5.74) is -0.632. The molecule has 0 aromatic heterocycles. The molecule has 1 N–H and O–H groups in total. The van der Waals surface area contributed by atoms with E-state index in [2.05, 4.69) is 11.3 Å². The van der Waals surface area contributed by atoms with Crippen LogP contribution in [0.2, 0.25) is 0 Å². The van der Waals surface area contributed by atoms with E-state index in [1.165, 1.54) is 0 Å². The minimum absolute atomic E-state index is 0.206. The van der Waals surface area contributed by atoms with Crippen molar-refractivity contribution in [1.82, 2.24) is 0 Å². The first kappa shape index (κ1) is 11.2. The standard InChI is InChI=1S/C10H8F2O3/c1-5(10(13)14)7-3-6(11)4-8(12)9(7)15-2/h3-4H,1H2,2H3,(H,13,14). The van der Waals surface area contributed by atoms with Crippen LogP contribution in [0, 0.1) is 11.6 Å². The maximum absolute atomic E-state index is 13.1. The molecule has 1 aromatic carbocycles. The molecule has 1 rings (SSSR count). The Kier molecular flexibility index (Phi) is 3.04. The van der Waals surface area contributed by atoms with Crippen molar-refractivity contribution in [3.63, 3.8) is 0 Å². The number of hydrogen-bond donors (Lipinski definition) is 1. The first-order valence-electron chi connectivity index (χ1n) is 3.93. The van der Waals surface area contributed by atoms with Gasteiger partial charge in [-0.05, 0) is 6.07 Å². The zero-order valence-electron chi connectivity index (χ0n) is 7.88. The van der Waals surface area contributed by atoms with Crippen LogP contribution in [0.5, 0.6) is 5.75 Å². The highest BCUT2D eigenvalue weighted by atomic mass is 19.1. The van der Waals surface area contributed by atoms with Crippen molar-refractivity contribution in [2.75, 3.05) is 7.11 Å². The SMILES string of the molecule is C=C(C(=O)O)c1cc(F)cc(F)c1OC. The summed E-state index contributed by atoms with van der Waals surface area (Å²) in [6.07, 6.45) is 0. The number of aliphatic carboxylic acids is 1. The molecule has 3 nitrogen and oxygen atoms in total. The Morgan fingerprint density at radius 3 is 2.53 bits per heavy atom. The number of ether oxygens (including phenoxy) is 1. The van der Waals surface area contributed by atoms with E-state index in [0.717, 1.165) is 13.2 Å². The Hall–Kier alpha value is -1.91. The third kappa shape index (κ3) is 2.12. The third-order valence-corrected chi connectivity index (χ3v) is 1.80. The highest BCUT2D eigenvalue weighted by Gasteiger charge is 2.18. The summed E-state index contributed by atoms with van der Waals surface area (Å²) in [6, 6.07) is 1.47. The number of benzene rings is 1. The molecule has 0 saturated heterocycles. The van der Waals surface area contributed by atoms with Gasteiger partial charge in [-0.25, -0.2) is 13.6 Å². The summed E-state index contributed by atoms with van der Waals surface area (Å²) in [4.78, 5) is 10.6. The van der Waals surface area contributed by atoms with Gasteiger partial charge < -0.3 is 9.84 Å². The van der Waals surface area contributed by atoms with Gasteiger partial charge in [0.15, 0.2) is 11.6 Å². The first-order chi connectivity index (χ1) is 6.97. The molecule has 5 heteroatoms. The van der Waals surface area contributed by atoms with Crippen LogP contribution >= 0.6 is 0 Å². The van der Waals surface area contributed by atoms with Gasteiger partial charge >= 0.3 is 5.97 Å². The van der Waals surface area contributed by atoms with Crippen LogP contribution < -0.4 is 4.74 Å². The molecule has 0 aliphatic heterocycles. The van der Waals surface area contributed by atoms with Crippen LogP contribution in [0.3, 0.4) is 0 Å². The molecular formula is C10H8F2O3. The zero-order chi connectivity index (χ0) is 11.6. The summed E-state index contributed by atoms with van der Waals surface area (Å²) in [5, 5.41) is 8.64. The molecule has 0 fully saturated rings. The fraction of sp³-hybridized carbons (Fsp3) is 0.100. The second kappa shape index (κ2) is 4.08. The molecule has 0 spiro atoms. The van der Waals surface area contributed by atoms with E-state index in [4.69, 9.17) is 5.11 Å². The van der Waals surface area contributed by atoms with Crippen LogP contribution in [0.4, 0.5) is 8.78 Å². The topological polar surface area (TPSA) is 46.5 Å². The number of carbonyl (C=O) groups is 1. The van der Waals surface area contributed by atoms with E-state index in [9.17, 15) is 13.6 Å². The number of methoxy groups -OCH3 is 1. The lowest BCUT2D eigenvalue weighted by atomic mass is 10.1. The van der Waals surface area contributed by atoms with Gasteiger partial charge in [-0.1, -0.05) is 6.58 Å². The fourth-order valence-corrected chi connectivity index (χ4v) is 1.11. The molecule has 0 aliphatic carbocycles. The van der Waals surface area contributed by atoms with E-state index in [0.29, 0.717) is 6.07 Å². The third-order valence-electron chi connectivity index (χ3n) is 1.80. The van der Waals surface area contributed by atoms with Crippen LogP contribution in [0.25, 0.3) is 5.57 Å². The molecular weight excluding hydrogens is 206 g/mol. The van der Waals surface area contributed by atoms with Crippen molar-refractivity contribution in [2.24, 2.45) is 0 Å². The quantitative estimate of drug-likeness (QED) is 0.783. The molecule has 15 heavy (non-hydrogen) atoms. The highest BCUT2D eigenvalue weighted by Crippen LogP contribution is 2.29. The zero-order valence-corrected chi connectivity index (χ0v) is 7.88. The molecule has 0 bridgehead atoms. The molecule has 0 atom stereocenters. The van der Waals surface area contributed by atoms with Crippen molar-refractivity contribution in [2.45, 2.75) is 0 Å². The monoisotopic (exact) mass is 214 g/mol. The van der Waals surface area contributed by atoms with Gasteiger partial charge in [0, 0.05) is 11.6 Å². The summed E-state index contributed by atoms with van der Waals surface area (Å²) in [7, 11) is 1.16. The molecule has 0 saturated carbocycles. The van der Waals surface area contributed by atoms with Crippen LogP contribution in [0.15, 0.2) is 18.7 Å². The summed E-state index contributed by atoms with van der Waals surface area (Å²) < 4.78 is 30.6. The Morgan fingerprint density at radius 1 is 1.47 bits per heavy atom. The molecule has 0 aliphatic rings. The Balaban J connectivity index is 3.38. The second-order valence-corrected chi connectivity index (χ2v) is 2.75. The lowest BCUT2D eigenvalue weighted by molar-refractivity contribution is -0.130. The van der Waals surface area contributed by atoms with Gasteiger partial charge in [0.05, 0.1) is 12.7 Å². The van der Waals surface area contributed by atoms with Crippen LogP contribution in [0.1, 0.15) is 5.56 Å². The number of hydrogen-bond acceptors (Lipinski definition) is 2. The van der Waals surface area contributed by atoms with Crippen molar-refractivity contribution in [3.8, 4) is 5.75 Å². The van der Waals surface area contributed by atoms with E-state index in [-0.39, 0.29) is 11.3 Å². The average molecular weight is 214 g/mol. The lowest BCUT2D eigenvalue weighted by Gasteiger charge is -2.09. The highest BCUT2D eigenvalue weighted by molar-refractivity contribution is 6.15. The van der Waals surface area contributed by atoms with E-state index < -0.39 is 23.2 Å². The van der Waals surface area contributed by atoms with Gasteiger partial charge in [0.25, 0.3) is 0 Å². The number of carboxylic acid groups (broad SMARTS) is 1. The van der Waals surface area contributed by atoms with Gasteiger partial charge in [-0.3, -0.25) is 0 Å². The van der Waals surface area contributed by atoms with E-state index >= 15 is 0 Å². The lowest BCUT2D eigenvalue weighted by Crippen LogP contribution is -2.03. The largest absolute Gasteiger partial charge is 0.493 e. The maximum Gasteiger partial charge on any atom is 0.335 e. The molecule has 1 aromatic rings. The van der Waals surface area contributed by atoms with E-state index in [1.54, 1.807) is 0 Å². The Bertz CT molecular complexity index is 427. The molecule has 0 heterocycles. The summed E-state index contributed by atoms with van der Waals surface area (Å²) in [5.74, 6) is -3.54. The van der Waals surface area contributed by atoms with Crippen LogP contribution in [-0.2, 0) is 4.79 Å². The maximum atomic E-state index is 13.1. The second-order valence-electron chi connectivity index (χ2n) is 2.75. The van der Waals surface area contributed by atoms with Crippen molar-refractivity contribution in [1.29, 1.82) is 0 Å². The normalized spacial score (nSPS) is 9.80. The minimum Gasteiger partial charge on any atom is -0.493 e. The summed E-state index contributed by atoms with van der Waals surface area (Å²) >= 11 is 0. The van der Waals surface area contributed by atoms with Gasteiger partial charge in [-0.2, -0.15) is 0 Å². The fourth-order valence-electron chi connectivity index (χ4n) is 1.11. The first-order valence-corrected chi connectivity index (χ1v) is 3.93. The van der Waals surface area contributed by atoms with Gasteiger partial charge in [0.2, 0.25) is 0 Å². The van der Waals surface area contributed by atoms with Crippen LogP contribution in [-0.4, -0.2) is 18.2 Å². The number of rotatable bonds is 3.